The van der Waals surface area contributed by atoms with E-state index in [-0.39, 0.29) is 0 Å². The largest absolute Gasteiger partial charge is 0.368 e. The highest BCUT2D eigenvalue weighted by atomic mass is 32.1. The molecule has 2 aromatic rings. The van der Waals surface area contributed by atoms with Gasteiger partial charge in [-0.15, -0.1) is 11.3 Å². The van der Waals surface area contributed by atoms with Gasteiger partial charge in [-0.2, -0.15) is 0 Å². The lowest BCUT2D eigenvalue weighted by molar-refractivity contribution is 0.536. The number of anilines is 1. The van der Waals surface area contributed by atoms with Gasteiger partial charge in [-0.25, -0.2) is 4.98 Å². The monoisotopic (exact) mass is 289 g/mol. The molecule has 0 spiro atoms. The predicted octanol–water partition coefficient (Wildman–Crippen LogP) is 3.84. The van der Waals surface area contributed by atoms with E-state index in [1.165, 1.54) is 11.3 Å². The van der Waals surface area contributed by atoms with Crippen LogP contribution in [0.3, 0.4) is 0 Å². The molecular weight excluding hydrogens is 266 g/mol. The minimum atomic E-state index is 0.411. The highest BCUT2D eigenvalue weighted by Crippen LogP contribution is 2.28. The van der Waals surface area contributed by atoms with Crippen LogP contribution in [0.2, 0.25) is 0 Å². The molecule has 0 amide bonds. The summed E-state index contributed by atoms with van der Waals surface area (Å²) >= 11 is 1.65. The van der Waals surface area contributed by atoms with E-state index in [1.54, 1.807) is 11.3 Å². The lowest BCUT2D eigenvalue weighted by Gasteiger charge is -2.26. The van der Waals surface area contributed by atoms with E-state index in [1.807, 2.05) is 5.51 Å². The Morgan fingerprint density at radius 3 is 2.75 bits per heavy atom. The van der Waals surface area contributed by atoms with Gasteiger partial charge in [0.25, 0.3) is 0 Å². The fraction of sp³-hybridized carbons (Fsp3) is 0.438. The number of aromatic nitrogens is 1. The summed E-state index contributed by atoms with van der Waals surface area (Å²) in [6.07, 6.45) is 1.09. The highest BCUT2D eigenvalue weighted by molar-refractivity contribution is 7.07. The summed E-state index contributed by atoms with van der Waals surface area (Å²) in [6, 6.07) is 9.06. The van der Waals surface area contributed by atoms with Gasteiger partial charge in [0, 0.05) is 24.2 Å². The Morgan fingerprint density at radius 2 is 2.10 bits per heavy atom. The first kappa shape index (κ1) is 15.0. The molecule has 0 aliphatic rings. The summed E-state index contributed by atoms with van der Waals surface area (Å²) in [4.78, 5) is 6.66. The summed E-state index contributed by atoms with van der Waals surface area (Å²) in [5, 5.41) is 5.67. The molecule has 2 rings (SSSR count). The van der Waals surface area contributed by atoms with E-state index >= 15 is 0 Å². The molecule has 0 saturated heterocycles. The third-order valence-corrected chi connectivity index (χ3v) is 4.10. The summed E-state index contributed by atoms with van der Waals surface area (Å²) in [5.74, 6) is 0. The van der Waals surface area contributed by atoms with Crippen molar-refractivity contribution < 1.29 is 0 Å². The third-order valence-electron chi connectivity index (χ3n) is 3.46. The van der Waals surface area contributed by atoms with Crippen LogP contribution in [0.1, 0.15) is 37.6 Å². The molecule has 1 N–H and O–H groups in total. The lowest BCUT2D eigenvalue weighted by atomic mass is 10.0. The van der Waals surface area contributed by atoms with Gasteiger partial charge in [-0.05, 0) is 24.6 Å². The molecule has 0 bridgehead atoms. The quantitative estimate of drug-likeness (QED) is 0.839. The maximum Gasteiger partial charge on any atom is 0.0795 e. The topological polar surface area (TPSA) is 28.2 Å². The number of benzene rings is 1. The molecule has 3 nitrogen and oxygen atoms in total. The molecule has 108 valence electrons. The average Bonchev–Trinajstić information content (AvgIpc) is 2.97. The van der Waals surface area contributed by atoms with Crippen LogP contribution in [0.4, 0.5) is 5.69 Å². The fourth-order valence-electron chi connectivity index (χ4n) is 2.49. The van der Waals surface area contributed by atoms with E-state index in [0.717, 1.165) is 25.2 Å². The number of hydrogen-bond donors (Lipinski definition) is 1. The molecule has 0 radical (unpaired) electrons. The van der Waals surface area contributed by atoms with Crippen LogP contribution in [-0.4, -0.2) is 18.6 Å². The van der Waals surface area contributed by atoms with Gasteiger partial charge >= 0.3 is 0 Å². The van der Waals surface area contributed by atoms with Crippen molar-refractivity contribution in [3.8, 4) is 0 Å². The van der Waals surface area contributed by atoms with E-state index in [9.17, 15) is 0 Å². The van der Waals surface area contributed by atoms with Gasteiger partial charge in [-0.3, -0.25) is 0 Å². The molecule has 4 heteroatoms. The van der Waals surface area contributed by atoms with Gasteiger partial charge in [0.2, 0.25) is 0 Å². The molecule has 1 aromatic carbocycles. The molecule has 0 aliphatic heterocycles. The minimum absolute atomic E-state index is 0.411. The number of nitrogens with zero attached hydrogens (tertiary/aromatic N) is 2. The maximum atomic E-state index is 4.37. The molecule has 0 fully saturated rings. The Balaban J connectivity index is 2.22. The van der Waals surface area contributed by atoms with Crippen LogP contribution in [-0.2, 0) is 6.54 Å². The maximum absolute atomic E-state index is 4.37. The number of nitrogens with one attached hydrogen (secondary N) is 1. The number of rotatable bonds is 7. The number of thiazole rings is 1. The zero-order valence-electron chi connectivity index (χ0n) is 12.5. The van der Waals surface area contributed by atoms with Crippen molar-refractivity contribution in [2.24, 2.45) is 0 Å². The molecule has 1 heterocycles. The second-order valence-electron chi connectivity index (χ2n) is 4.91. The zero-order chi connectivity index (χ0) is 14.4. The van der Waals surface area contributed by atoms with Crippen LogP contribution < -0.4 is 10.2 Å². The van der Waals surface area contributed by atoms with Crippen molar-refractivity contribution in [1.29, 1.82) is 0 Å². The van der Waals surface area contributed by atoms with Crippen molar-refractivity contribution in [2.45, 2.75) is 32.9 Å². The van der Waals surface area contributed by atoms with Gasteiger partial charge in [0.15, 0.2) is 0 Å². The third kappa shape index (κ3) is 3.58. The molecule has 0 saturated carbocycles. The average molecular weight is 289 g/mol. The minimum Gasteiger partial charge on any atom is -0.368 e. The van der Waals surface area contributed by atoms with Crippen LogP contribution in [0.5, 0.6) is 0 Å². The summed E-state index contributed by atoms with van der Waals surface area (Å²) in [5.41, 5.74) is 5.68. The first-order valence-corrected chi connectivity index (χ1v) is 8.11. The molecular formula is C16H23N3S. The molecule has 20 heavy (non-hydrogen) atoms. The molecule has 1 atom stereocenters. The summed E-state index contributed by atoms with van der Waals surface area (Å²) in [7, 11) is 2.14. The van der Waals surface area contributed by atoms with Crippen molar-refractivity contribution in [1.82, 2.24) is 10.3 Å². The Hall–Kier alpha value is -1.39. The number of hydrogen-bond acceptors (Lipinski definition) is 4. The van der Waals surface area contributed by atoms with Gasteiger partial charge < -0.3 is 10.2 Å². The summed E-state index contributed by atoms with van der Waals surface area (Å²) < 4.78 is 0. The Morgan fingerprint density at radius 1 is 1.30 bits per heavy atom. The van der Waals surface area contributed by atoms with E-state index < -0.39 is 0 Å². The Bertz CT molecular complexity index is 510. The standard InChI is InChI=1S/C16H23N3S/c1-4-15(17-5-2)14-8-6-7-9-16(14)19(3)10-13-11-20-12-18-13/h6-9,11-12,15,17H,4-5,10H2,1-3H3. The Labute approximate surface area is 125 Å². The van der Waals surface area contributed by atoms with Crippen molar-refractivity contribution in [3.05, 3.63) is 46.4 Å². The van der Waals surface area contributed by atoms with E-state index in [4.69, 9.17) is 0 Å². The molecule has 1 aromatic heterocycles. The van der Waals surface area contributed by atoms with Crippen molar-refractivity contribution in [2.75, 3.05) is 18.5 Å². The number of para-hydroxylation sites is 1. The highest BCUT2D eigenvalue weighted by Gasteiger charge is 2.15. The van der Waals surface area contributed by atoms with Crippen molar-refractivity contribution in [3.63, 3.8) is 0 Å². The van der Waals surface area contributed by atoms with Crippen LogP contribution in [0.25, 0.3) is 0 Å². The van der Waals surface area contributed by atoms with Crippen molar-refractivity contribution >= 4 is 17.0 Å². The lowest BCUT2D eigenvalue weighted by Crippen LogP contribution is -2.24. The first-order valence-electron chi connectivity index (χ1n) is 7.16. The smallest absolute Gasteiger partial charge is 0.0795 e. The molecule has 1 unspecified atom stereocenters. The SMILES string of the molecule is CCNC(CC)c1ccccc1N(C)Cc1cscn1. The zero-order valence-corrected chi connectivity index (χ0v) is 13.3. The fourth-order valence-corrected chi connectivity index (χ4v) is 3.04. The second-order valence-corrected chi connectivity index (χ2v) is 5.63. The van der Waals surface area contributed by atoms with Gasteiger partial charge in [0.05, 0.1) is 17.7 Å². The van der Waals surface area contributed by atoms with Crippen LogP contribution in [0.15, 0.2) is 35.2 Å². The van der Waals surface area contributed by atoms with Gasteiger partial charge in [0.1, 0.15) is 0 Å². The van der Waals surface area contributed by atoms with E-state index in [2.05, 4.69) is 65.7 Å². The first-order chi connectivity index (χ1) is 9.76. The Kier molecular flexibility index (Phi) is 5.56. The van der Waals surface area contributed by atoms with Crippen LogP contribution >= 0.6 is 11.3 Å². The van der Waals surface area contributed by atoms with E-state index in [0.29, 0.717) is 6.04 Å². The summed E-state index contributed by atoms with van der Waals surface area (Å²) in [6.45, 7) is 6.22. The predicted molar refractivity (Wildman–Crippen MR) is 87.4 cm³/mol. The van der Waals surface area contributed by atoms with Gasteiger partial charge in [-0.1, -0.05) is 32.0 Å². The normalized spacial score (nSPS) is 12.3. The second kappa shape index (κ2) is 7.41. The molecule has 0 aliphatic carbocycles. The van der Waals surface area contributed by atoms with Crippen LogP contribution in [0, 0.1) is 0 Å².